The molecule has 3 nitrogen and oxygen atoms in total. The van der Waals surface area contributed by atoms with Gasteiger partial charge in [-0.2, -0.15) is 0 Å². The Hall–Kier alpha value is -1.74. The Labute approximate surface area is 94.8 Å². The number of hydrogen-bond acceptors (Lipinski definition) is 3. The van der Waals surface area contributed by atoms with Crippen LogP contribution in [0.25, 0.3) is 0 Å². The van der Waals surface area contributed by atoms with Gasteiger partial charge in [0.05, 0.1) is 0 Å². The summed E-state index contributed by atoms with van der Waals surface area (Å²) in [6.45, 7) is 3.85. The summed E-state index contributed by atoms with van der Waals surface area (Å²) in [7, 11) is 0. The van der Waals surface area contributed by atoms with Gasteiger partial charge in [0.2, 0.25) is 0 Å². The van der Waals surface area contributed by atoms with Gasteiger partial charge in [-0.3, -0.25) is 9.97 Å². The van der Waals surface area contributed by atoms with Crippen molar-refractivity contribution in [3.05, 3.63) is 59.2 Å². The van der Waals surface area contributed by atoms with Crippen molar-refractivity contribution in [2.75, 3.05) is 0 Å². The van der Waals surface area contributed by atoms with Crippen LogP contribution in [0.3, 0.4) is 0 Å². The lowest BCUT2D eigenvalue weighted by molar-refractivity contribution is 0.219. The molecule has 2 aromatic rings. The van der Waals surface area contributed by atoms with Gasteiger partial charge in [-0.05, 0) is 37.6 Å². The Kier molecular flexibility index (Phi) is 2.97. The van der Waals surface area contributed by atoms with Crippen molar-refractivity contribution in [2.24, 2.45) is 0 Å². The zero-order valence-corrected chi connectivity index (χ0v) is 9.38. The molecule has 82 valence electrons. The van der Waals surface area contributed by atoms with Crippen molar-refractivity contribution in [2.45, 2.75) is 20.0 Å². The van der Waals surface area contributed by atoms with Gasteiger partial charge in [-0.1, -0.05) is 6.07 Å². The molecule has 0 saturated heterocycles. The van der Waals surface area contributed by atoms with E-state index in [2.05, 4.69) is 9.97 Å². The van der Waals surface area contributed by atoms with E-state index in [1.807, 2.05) is 38.1 Å². The highest BCUT2D eigenvalue weighted by Gasteiger charge is 2.11. The van der Waals surface area contributed by atoms with Gasteiger partial charge in [-0.15, -0.1) is 0 Å². The van der Waals surface area contributed by atoms with Gasteiger partial charge in [0.15, 0.2) is 0 Å². The van der Waals surface area contributed by atoms with Gasteiger partial charge < -0.3 is 5.11 Å². The molecule has 2 heterocycles. The highest BCUT2D eigenvalue weighted by atomic mass is 16.3. The third-order valence-corrected chi connectivity index (χ3v) is 2.42. The average molecular weight is 214 g/mol. The number of aromatic nitrogens is 2. The Morgan fingerprint density at radius 2 is 1.81 bits per heavy atom. The van der Waals surface area contributed by atoms with Gasteiger partial charge in [0.25, 0.3) is 0 Å². The minimum atomic E-state index is -0.630. The average Bonchev–Trinajstić information content (AvgIpc) is 2.28. The first kappa shape index (κ1) is 10.8. The molecule has 0 bridgehead atoms. The topological polar surface area (TPSA) is 46.0 Å². The van der Waals surface area contributed by atoms with Gasteiger partial charge in [0, 0.05) is 29.3 Å². The molecular weight excluding hydrogens is 200 g/mol. The number of rotatable bonds is 2. The van der Waals surface area contributed by atoms with Crippen molar-refractivity contribution in [3.8, 4) is 0 Å². The maximum absolute atomic E-state index is 10.2. The molecule has 0 amide bonds. The lowest BCUT2D eigenvalue weighted by atomic mass is 10.0. The first-order valence-corrected chi connectivity index (χ1v) is 5.20. The van der Waals surface area contributed by atoms with Crippen LogP contribution in [0.1, 0.15) is 28.6 Å². The zero-order chi connectivity index (χ0) is 11.5. The largest absolute Gasteiger partial charge is 0.384 e. The number of aliphatic hydroxyl groups excluding tert-OH is 1. The normalized spacial score (nSPS) is 12.4. The first-order valence-electron chi connectivity index (χ1n) is 5.20. The van der Waals surface area contributed by atoms with E-state index < -0.39 is 6.10 Å². The summed E-state index contributed by atoms with van der Waals surface area (Å²) in [6, 6.07) is 7.47. The molecule has 0 radical (unpaired) electrons. The second kappa shape index (κ2) is 4.41. The Bertz CT molecular complexity index is 462. The van der Waals surface area contributed by atoms with Crippen LogP contribution < -0.4 is 0 Å². The third kappa shape index (κ3) is 2.25. The summed E-state index contributed by atoms with van der Waals surface area (Å²) in [5.74, 6) is 0. The summed E-state index contributed by atoms with van der Waals surface area (Å²) < 4.78 is 0. The predicted octanol–water partition coefficient (Wildman–Crippen LogP) is 2.18. The van der Waals surface area contributed by atoms with Crippen LogP contribution in [0.5, 0.6) is 0 Å². The molecule has 16 heavy (non-hydrogen) atoms. The van der Waals surface area contributed by atoms with Crippen LogP contribution in [0.2, 0.25) is 0 Å². The molecule has 0 aliphatic rings. The van der Waals surface area contributed by atoms with E-state index >= 15 is 0 Å². The number of aryl methyl sites for hydroxylation is 2. The molecule has 0 saturated carbocycles. The van der Waals surface area contributed by atoms with Crippen LogP contribution in [-0.4, -0.2) is 15.1 Å². The van der Waals surface area contributed by atoms with Crippen molar-refractivity contribution in [1.82, 2.24) is 9.97 Å². The van der Waals surface area contributed by atoms with Gasteiger partial charge in [-0.25, -0.2) is 0 Å². The molecule has 1 unspecified atom stereocenters. The van der Waals surface area contributed by atoms with E-state index in [-0.39, 0.29) is 0 Å². The fraction of sp³-hybridized carbons (Fsp3) is 0.231. The zero-order valence-electron chi connectivity index (χ0n) is 9.38. The van der Waals surface area contributed by atoms with E-state index in [9.17, 15) is 5.11 Å². The molecule has 0 aliphatic heterocycles. The van der Waals surface area contributed by atoms with Crippen molar-refractivity contribution < 1.29 is 5.11 Å². The Morgan fingerprint density at radius 1 is 1.12 bits per heavy atom. The molecule has 0 aromatic carbocycles. The van der Waals surface area contributed by atoms with Crippen molar-refractivity contribution in [1.29, 1.82) is 0 Å². The third-order valence-electron chi connectivity index (χ3n) is 2.42. The minimum Gasteiger partial charge on any atom is -0.384 e. The molecule has 1 atom stereocenters. The maximum atomic E-state index is 10.2. The molecule has 0 aliphatic carbocycles. The van der Waals surface area contributed by atoms with E-state index in [0.29, 0.717) is 0 Å². The van der Waals surface area contributed by atoms with E-state index in [4.69, 9.17) is 0 Å². The van der Waals surface area contributed by atoms with Crippen LogP contribution in [0.4, 0.5) is 0 Å². The highest BCUT2D eigenvalue weighted by molar-refractivity contribution is 5.30. The Morgan fingerprint density at radius 3 is 2.38 bits per heavy atom. The van der Waals surface area contributed by atoms with E-state index in [0.717, 1.165) is 22.5 Å². The molecule has 0 fully saturated rings. The minimum absolute atomic E-state index is 0.630. The number of pyridine rings is 2. The van der Waals surface area contributed by atoms with Crippen LogP contribution in [0.15, 0.2) is 36.7 Å². The standard InChI is InChI=1S/C13H14N2O/c1-9-6-12(7-10(2)15-9)13(16)11-4-3-5-14-8-11/h3-8,13,16H,1-2H3. The number of hydrogen-bond donors (Lipinski definition) is 1. The van der Waals surface area contributed by atoms with Crippen molar-refractivity contribution in [3.63, 3.8) is 0 Å². The summed E-state index contributed by atoms with van der Waals surface area (Å²) in [5.41, 5.74) is 3.49. The first-order chi connectivity index (χ1) is 7.66. The lowest BCUT2D eigenvalue weighted by Gasteiger charge is -2.12. The molecular formula is C13H14N2O. The predicted molar refractivity (Wildman–Crippen MR) is 62.0 cm³/mol. The molecule has 3 heteroatoms. The quantitative estimate of drug-likeness (QED) is 0.833. The molecule has 0 spiro atoms. The summed E-state index contributed by atoms with van der Waals surface area (Å²) in [5, 5.41) is 10.2. The number of nitrogens with zero attached hydrogens (tertiary/aromatic N) is 2. The fourth-order valence-electron chi connectivity index (χ4n) is 1.75. The van der Waals surface area contributed by atoms with Crippen LogP contribution in [-0.2, 0) is 0 Å². The molecule has 2 rings (SSSR count). The maximum Gasteiger partial charge on any atom is 0.106 e. The second-order valence-electron chi connectivity index (χ2n) is 3.87. The van der Waals surface area contributed by atoms with Gasteiger partial charge >= 0.3 is 0 Å². The summed E-state index contributed by atoms with van der Waals surface area (Å²) in [4.78, 5) is 8.28. The SMILES string of the molecule is Cc1cc(C(O)c2cccnc2)cc(C)n1. The Balaban J connectivity index is 2.37. The van der Waals surface area contributed by atoms with Crippen LogP contribution in [0, 0.1) is 13.8 Å². The highest BCUT2D eigenvalue weighted by Crippen LogP contribution is 2.21. The van der Waals surface area contributed by atoms with E-state index in [1.165, 1.54) is 0 Å². The molecule has 1 N–H and O–H groups in total. The summed E-state index contributed by atoms with van der Waals surface area (Å²) >= 11 is 0. The smallest absolute Gasteiger partial charge is 0.106 e. The lowest BCUT2D eigenvalue weighted by Crippen LogP contribution is -2.02. The molecule has 2 aromatic heterocycles. The number of aliphatic hydroxyl groups is 1. The monoisotopic (exact) mass is 214 g/mol. The summed E-state index contributed by atoms with van der Waals surface area (Å²) in [6.07, 6.45) is 2.74. The van der Waals surface area contributed by atoms with Crippen molar-refractivity contribution >= 4 is 0 Å². The fourth-order valence-corrected chi connectivity index (χ4v) is 1.75. The van der Waals surface area contributed by atoms with Crippen LogP contribution >= 0.6 is 0 Å². The van der Waals surface area contributed by atoms with E-state index in [1.54, 1.807) is 12.4 Å². The van der Waals surface area contributed by atoms with Gasteiger partial charge in [0.1, 0.15) is 6.10 Å². The second-order valence-corrected chi connectivity index (χ2v) is 3.87.